The average molecular weight is 269 g/mol. The highest BCUT2D eigenvalue weighted by Crippen LogP contribution is 2.12. The molecule has 2 heterocycles. The third kappa shape index (κ3) is 3.49. The number of hydrogen-bond acceptors (Lipinski definition) is 5. The van der Waals surface area contributed by atoms with E-state index in [1.54, 1.807) is 0 Å². The van der Waals surface area contributed by atoms with Gasteiger partial charge in [-0.25, -0.2) is 18.4 Å². The molecule has 0 saturated carbocycles. The molecule has 2 rings (SSSR count). The van der Waals surface area contributed by atoms with Crippen LogP contribution in [0.25, 0.3) is 0 Å². The summed E-state index contributed by atoms with van der Waals surface area (Å²) in [6.07, 6.45) is 3.71. The lowest BCUT2D eigenvalue weighted by Crippen LogP contribution is -2.40. The van der Waals surface area contributed by atoms with E-state index in [0.29, 0.717) is 25.6 Å². The van der Waals surface area contributed by atoms with E-state index in [4.69, 9.17) is 0 Å². The van der Waals surface area contributed by atoms with Gasteiger partial charge >= 0.3 is 0 Å². The normalized spacial score (nSPS) is 20.2. The van der Waals surface area contributed by atoms with Gasteiger partial charge in [0, 0.05) is 25.5 Å². The number of hydrogen-bond donors (Lipinski definition) is 0. The summed E-state index contributed by atoms with van der Waals surface area (Å²) in [4.78, 5) is 10.7. The van der Waals surface area contributed by atoms with Gasteiger partial charge in [-0.3, -0.25) is 4.90 Å². The lowest BCUT2D eigenvalue weighted by atomic mass is 10.1. The SMILES string of the molecule is CC(C)c1cnc(CN2CCS(=O)(=O)CC2)nc1. The minimum absolute atomic E-state index is 0.247. The summed E-state index contributed by atoms with van der Waals surface area (Å²) in [5.41, 5.74) is 1.12. The van der Waals surface area contributed by atoms with Gasteiger partial charge in [0.25, 0.3) is 0 Å². The van der Waals surface area contributed by atoms with Crippen LogP contribution < -0.4 is 0 Å². The molecule has 0 aromatic carbocycles. The fourth-order valence-electron chi connectivity index (χ4n) is 1.85. The summed E-state index contributed by atoms with van der Waals surface area (Å²) in [6, 6.07) is 0. The van der Waals surface area contributed by atoms with Crippen LogP contribution in [0.5, 0.6) is 0 Å². The van der Waals surface area contributed by atoms with Gasteiger partial charge < -0.3 is 0 Å². The zero-order valence-electron chi connectivity index (χ0n) is 10.8. The summed E-state index contributed by atoms with van der Waals surface area (Å²) in [6.45, 7) is 6.00. The Morgan fingerprint density at radius 2 is 1.78 bits per heavy atom. The van der Waals surface area contributed by atoms with Gasteiger partial charge in [-0.05, 0) is 11.5 Å². The molecule has 1 fully saturated rings. The summed E-state index contributed by atoms with van der Waals surface area (Å²) < 4.78 is 22.6. The van der Waals surface area contributed by atoms with Crippen molar-refractivity contribution in [1.29, 1.82) is 0 Å². The smallest absolute Gasteiger partial charge is 0.152 e. The Morgan fingerprint density at radius 1 is 1.22 bits per heavy atom. The molecule has 0 atom stereocenters. The van der Waals surface area contributed by atoms with Crippen LogP contribution in [-0.2, 0) is 16.4 Å². The van der Waals surface area contributed by atoms with Crippen LogP contribution in [0.3, 0.4) is 0 Å². The fourth-order valence-corrected chi connectivity index (χ4v) is 3.13. The van der Waals surface area contributed by atoms with Crippen LogP contribution in [0.2, 0.25) is 0 Å². The maximum Gasteiger partial charge on any atom is 0.152 e. The first kappa shape index (κ1) is 13.4. The Bertz CT molecular complexity index is 483. The highest BCUT2D eigenvalue weighted by Gasteiger charge is 2.21. The van der Waals surface area contributed by atoms with Gasteiger partial charge in [-0.15, -0.1) is 0 Å². The van der Waals surface area contributed by atoms with Crippen LogP contribution in [0, 0.1) is 0 Å². The Balaban J connectivity index is 1.94. The van der Waals surface area contributed by atoms with Gasteiger partial charge in [-0.1, -0.05) is 13.8 Å². The molecular formula is C12H19N3O2S. The van der Waals surface area contributed by atoms with E-state index in [-0.39, 0.29) is 11.5 Å². The number of sulfone groups is 1. The minimum Gasteiger partial charge on any atom is -0.294 e. The van der Waals surface area contributed by atoms with Gasteiger partial charge in [0.05, 0.1) is 18.1 Å². The quantitative estimate of drug-likeness (QED) is 0.813. The lowest BCUT2D eigenvalue weighted by molar-refractivity contribution is 0.280. The number of rotatable bonds is 3. The van der Waals surface area contributed by atoms with Crippen molar-refractivity contribution < 1.29 is 8.42 Å². The van der Waals surface area contributed by atoms with Crippen LogP contribution in [0.1, 0.15) is 31.2 Å². The van der Waals surface area contributed by atoms with Crippen molar-refractivity contribution in [2.45, 2.75) is 26.3 Å². The molecule has 1 aromatic rings. The molecule has 0 amide bonds. The zero-order chi connectivity index (χ0) is 13.2. The van der Waals surface area contributed by atoms with Crippen molar-refractivity contribution in [3.8, 4) is 0 Å². The van der Waals surface area contributed by atoms with E-state index >= 15 is 0 Å². The first-order valence-electron chi connectivity index (χ1n) is 6.20. The third-order valence-corrected chi connectivity index (χ3v) is 4.80. The van der Waals surface area contributed by atoms with Crippen molar-refractivity contribution in [3.63, 3.8) is 0 Å². The summed E-state index contributed by atoms with van der Waals surface area (Å²) in [5, 5.41) is 0. The van der Waals surface area contributed by atoms with Crippen molar-refractivity contribution in [2.24, 2.45) is 0 Å². The van der Waals surface area contributed by atoms with Gasteiger partial charge in [0.1, 0.15) is 5.82 Å². The standard InChI is InChI=1S/C12H19N3O2S/c1-10(2)11-7-13-12(14-8-11)9-15-3-5-18(16,17)6-4-15/h7-8,10H,3-6,9H2,1-2H3. The number of aromatic nitrogens is 2. The van der Waals surface area contributed by atoms with Gasteiger partial charge in [0.2, 0.25) is 0 Å². The number of nitrogens with zero attached hydrogens (tertiary/aromatic N) is 3. The molecule has 0 aliphatic carbocycles. The second-order valence-corrected chi connectivity index (χ2v) is 7.32. The van der Waals surface area contributed by atoms with Crippen molar-refractivity contribution in [2.75, 3.05) is 24.6 Å². The lowest BCUT2D eigenvalue weighted by Gasteiger charge is -2.25. The molecule has 1 aliphatic heterocycles. The van der Waals surface area contributed by atoms with Crippen LogP contribution >= 0.6 is 0 Å². The maximum absolute atomic E-state index is 11.3. The summed E-state index contributed by atoms with van der Waals surface area (Å²) in [5.74, 6) is 1.69. The molecule has 0 spiro atoms. The fraction of sp³-hybridized carbons (Fsp3) is 0.667. The van der Waals surface area contributed by atoms with Crippen LogP contribution in [-0.4, -0.2) is 47.9 Å². The molecule has 6 heteroatoms. The van der Waals surface area contributed by atoms with E-state index in [1.165, 1.54) is 0 Å². The van der Waals surface area contributed by atoms with E-state index in [1.807, 2.05) is 12.4 Å². The van der Waals surface area contributed by atoms with E-state index in [9.17, 15) is 8.42 Å². The Kier molecular flexibility index (Phi) is 3.97. The zero-order valence-corrected chi connectivity index (χ0v) is 11.7. The first-order chi connectivity index (χ1) is 8.46. The van der Waals surface area contributed by atoms with Crippen LogP contribution in [0.4, 0.5) is 0 Å². The Hall–Kier alpha value is -1.01. The third-order valence-electron chi connectivity index (χ3n) is 3.19. The van der Waals surface area contributed by atoms with Crippen molar-refractivity contribution in [1.82, 2.24) is 14.9 Å². The second kappa shape index (κ2) is 5.32. The van der Waals surface area contributed by atoms with E-state index in [2.05, 4.69) is 28.7 Å². The highest BCUT2D eigenvalue weighted by atomic mass is 32.2. The second-order valence-electron chi connectivity index (χ2n) is 5.02. The Morgan fingerprint density at radius 3 is 2.28 bits per heavy atom. The van der Waals surface area contributed by atoms with Crippen molar-refractivity contribution >= 4 is 9.84 Å². The molecule has 1 saturated heterocycles. The molecule has 0 N–H and O–H groups in total. The maximum atomic E-state index is 11.3. The minimum atomic E-state index is -2.81. The predicted octanol–water partition coefficient (Wildman–Crippen LogP) is 0.830. The predicted molar refractivity (Wildman–Crippen MR) is 70.1 cm³/mol. The van der Waals surface area contributed by atoms with E-state index in [0.717, 1.165) is 11.4 Å². The molecule has 1 aromatic heterocycles. The van der Waals surface area contributed by atoms with Gasteiger partial charge in [0.15, 0.2) is 9.84 Å². The van der Waals surface area contributed by atoms with Crippen LogP contribution in [0.15, 0.2) is 12.4 Å². The van der Waals surface area contributed by atoms with Crippen molar-refractivity contribution in [3.05, 3.63) is 23.8 Å². The molecule has 0 bridgehead atoms. The topological polar surface area (TPSA) is 63.2 Å². The Labute approximate surface area is 108 Å². The molecular weight excluding hydrogens is 250 g/mol. The first-order valence-corrected chi connectivity index (χ1v) is 8.02. The largest absolute Gasteiger partial charge is 0.294 e. The van der Waals surface area contributed by atoms with E-state index < -0.39 is 9.84 Å². The molecule has 100 valence electrons. The summed E-state index contributed by atoms with van der Waals surface area (Å²) >= 11 is 0. The highest BCUT2D eigenvalue weighted by molar-refractivity contribution is 7.91. The molecule has 5 nitrogen and oxygen atoms in total. The molecule has 18 heavy (non-hydrogen) atoms. The molecule has 0 radical (unpaired) electrons. The average Bonchev–Trinajstić information content (AvgIpc) is 2.33. The van der Waals surface area contributed by atoms with Gasteiger partial charge in [-0.2, -0.15) is 0 Å². The monoisotopic (exact) mass is 269 g/mol. The molecule has 0 unspecified atom stereocenters. The summed E-state index contributed by atoms with van der Waals surface area (Å²) in [7, 11) is -2.81. The molecule has 1 aliphatic rings.